The van der Waals surface area contributed by atoms with Gasteiger partial charge in [0, 0.05) is 87.2 Å². The van der Waals surface area contributed by atoms with Gasteiger partial charge in [-0.25, -0.2) is 0 Å². The van der Waals surface area contributed by atoms with Crippen LogP contribution in [-0.2, 0) is 87.2 Å². The van der Waals surface area contributed by atoms with E-state index in [4.69, 9.17) is 0 Å². The number of hydrogen-bond acceptors (Lipinski definition) is 0. The number of rotatable bonds is 0. The average molecular weight is 357 g/mol. The molecular weight excluding hydrogens is 351 g/mol. The van der Waals surface area contributed by atoms with Gasteiger partial charge in [0.05, 0.1) is 0 Å². The van der Waals surface area contributed by atoms with Crippen molar-refractivity contribution < 1.29 is 90.0 Å². The maximum Gasteiger partial charge on any atom is 2.00 e. The molecule has 0 aliphatic rings. The Balaban J connectivity index is 0. The molecule has 0 spiro atoms. The smallest absolute Gasteiger partial charge is 1.00 e. The van der Waals surface area contributed by atoms with Crippen LogP contribution in [0.15, 0.2) is 0 Å². The van der Waals surface area contributed by atoms with Crippen LogP contribution >= 0.6 is 0 Å². The van der Waals surface area contributed by atoms with Crippen LogP contribution in [0.5, 0.6) is 0 Å². The van der Waals surface area contributed by atoms with E-state index in [0.29, 0.717) is 0 Å². The molecule has 0 saturated carbocycles. The molecule has 0 bridgehead atoms. The van der Waals surface area contributed by atoms with Crippen molar-refractivity contribution in [3.05, 3.63) is 0 Å². The fourth-order valence-electron chi connectivity index (χ4n) is 0. The van der Waals surface area contributed by atoms with E-state index in [-0.39, 0.29) is 124 Å². The molecule has 0 N–H and O–H groups in total. The van der Waals surface area contributed by atoms with E-state index in [9.17, 15) is 0 Å². The maximum absolute atomic E-state index is 0. The quantitative estimate of drug-likeness (QED) is 0.458. The maximum atomic E-state index is 0. The van der Waals surface area contributed by atoms with Gasteiger partial charge in [-0.1, -0.05) is 0 Å². The van der Waals surface area contributed by atoms with E-state index in [2.05, 4.69) is 0 Å². The summed E-state index contributed by atoms with van der Waals surface area (Å²) >= 11 is 0. The van der Waals surface area contributed by atoms with Gasteiger partial charge in [-0.3, -0.25) is 0 Å². The Morgan fingerprint density at radius 3 is 1.14 bits per heavy atom. The summed E-state index contributed by atoms with van der Waals surface area (Å²) in [6.45, 7) is 0. The first-order chi connectivity index (χ1) is 0. The Labute approximate surface area is 122 Å². The Morgan fingerprint density at radius 2 is 1.14 bits per heavy atom. The molecule has 0 aliphatic carbocycles. The molecule has 0 rings (SSSR count). The van der Waals surface area contributed by atoms with E-state index >= 15 is 0 Å². The predicted molar refractivity (Wildman–Crippen MR) is 19.3 cm³/mol. The van der Waals surface area contributed by atoms with Crippen molar-refractivity contribution in [3.63, 3.8) is 0 Å². The molecule has 0 nitrogen and oxygen atoms in total. The minimum Gasteiger partial charge on any atom is -1.00 e. The Kier molecular flexibility index (Phi) is 574. The number of hydrogen-bond donors (Lipinski definition) is 0. The first-order valence-corrected chi connectivity index (χ1v) is 0. The standard InChI is InChI=1S/Cu.Fe.Mg.Mn.Ni.H4Si.Zn.2H/h;;;;;1H4;;;/q;;+2;;;;;2*-1. The van der Waals surface area contributed by atoms with Crippen molar-refractivity contribution in [1.82, 2.24) is 0 Å². The van der Waals surface area contributed by atoms with E-state index in [1.54, 1.807) is 0 Å². The molecule has 50 valence electrons. The monoisotopic (exact) mass is 354 g/mol. The summed E-state index contributed by atoms with van der Waals surface area (Å²) in [5.74, 6) is 0. The van der Waals surface area contributed by atoms with E-state index in [1.807, 2.05) is 0 Å². The molecule has 0 aromatic carbocycles. The average Bonchev–Trinajstić information content (AvgIpc) is 0. The summed E-state index contributed by atoms with van der Waals surface area (Å²) < 4.78 is 0. The van der Waals surface area contributed by atoms with Gasteiger partial charge in [0.1, 0.15) is 0 Å². The fraction of sp³-hybridized carbons (Fsp3) is 0. The largest absolute Gasteiger partial charge is 2.00 e. The SMILES string of the molecule is [Cu].[Fe].[H-].[H-].[Mg+2].[Mn].[Ni].[SiH4].[Zn]. The first-order valence-electron chi connectivity index (χ1n) is 0. The molecule has 0 aromatic heterocycles. The Hall–Kier alpha value is 3.66. The van der Waals surface area contributed by atoms with Crippen molar-refractivity contribution in [1.29, 1.82) is 0 Å². The summed E-state index contributed by atoms with van der Waals surface area (Å²) in [5.41, 5.74) is 0. The van der Waals surface area contributed by atoms with E-state index in [1.165, 1.54) is 0 Å². The fourth-order valence-corrected chi connectivity index (χ4v) is 0. The minimum atomic E-state index is 0. The third-order valence-electron chi connectivity index (χ3n) is 0. The minimum absolute atomic E-state index is 0. The molecule has 0 aliphatic heterocycles. The van der Waals surface area contributed by atoms with Gasteiger partial charge in [-0.05, 0) is 11.0 Å². The summed E-state index contributed by atoms with van der Waals surface area (Å²) in [4.78, 5) is 0. The summed E-state index contributed by atoms with van der Waals surface area (Å²) in [6, 6.07) is 0. The van der Waals surface area contributed by atoms with Gasteiger partial charge >= 0.3 is 23.1 Å². The molecule has 2 radical (unpaired) electrons. The molecule has 7 heteroatoms. The molecule has 0 amide bonds. The molecule has 7 heavy (non-hydrogen) atoms. The van der Waals surface area contributed by atoms with Crippen LogP contribution in [0.1, 0.15) is 2.85 Å². The van der Waals surface area contributed by atoms with Crippen LogP contribution in [0.4, 0.5) is 0 Å². The van der Waals surface area contributed by atoms with Crippen molar-refractivity contribution >= 4 is 34.0 Å². The normalized spacial score (nSPS) is 0. The van der Waals surface area contributed by atoms with Crippen molar-refractivity contribution in [3.8, 4) is 0 Å². The zero-order chi connectivity index (χ0) is 0. The second-order valence-electron chi connectivity index (χ2n) is 0. The molecule has 0 unspecified atom stereocenters. The van der Waals surface area contributed by atoms with Crippen molar-refractivity contribution in [2.75, 3.05) is 0 Å². The van der Waals surface area contributed by atoms with Gasteiger partial charge < -0.3 is 2.85 Å². The van der Waals surface area contributed by atoms with Crippen LogP contribution < -0.4 is 0 Å². The molecule has 0 fully saturated rings. The molecular formula is H6CuFeMgMnNiSiZn. The van der Waals surface area contributed by atoms with Crippen LogP contribution in [0, 0.1) is 0 Å². The summed E-state index contributed by atoms with van der Waals surface area (Å²) in [6.07, 6.45) is 0. The van der Waals surface area contributed by atoms with Gasteiger partial charge in [0.15, 0.2) is 0 Å². The van der Waals surface area contributed by atoms with Gasteiger partial charge in [-0.15, -0.1) is 0 Å². The summed E-state index contributed by atoms with van der Waals surface area (Å²) in [7, 11) is 0. The topological polar surface area (TPSA) is 0 Å². The van der Waals surface area contributed by atoms with Gasteiger partial charge in [0.25, 0.3) is 0 Å². The summed E-state index contributed by atoms with van der Waals surface area (Å²) in [5, 5.41) is 0. The van der Waals surface area contributed by atoms with Crippen molar-refractivity contribution in [2.45, 2.75) is 0 Å². The zero-order valence-electron chi connectivity index (χ0n) is 4.76. The van der Waals surface area contributed by atoms with Crippen LogP contribution in [0.25, 0.3) is 0 Å². The Morgan fingerprint density at radius 1 is 1.14 bits per heavy atom. The van der Waals surface area contributed by atoms with Crippen molar-refractivity contribution in [2.24, 2.45) is 0 Å². The first kappa shape index (κ1) is 74.3. The van der Waals surface area contributed by atoms with E-state index < -0.39 is 0 Å². The third-order valence-corrected chi connectivity index (χ3v) is 0. The molecule has 0 atom stereocenters. The second-order valence-corrected chi connectivity index (χ2v) is 0. The predicted octanol–water partition coefficient (Wildman–Crippen LogP) is -1.62. The Bertz CT molecular complexity index is 26.5. The molecule has 0 saturated heterocycles. The van der Waals surface area contributed by atoms with Crippen LogP contribution in [0.3, 0.4) is 0 Å². The van der Waals surface area contributed by atoms with Crippen LogP contribution in [-0.4, -0.2) is 34.0 Å². The zero-order valence-corrected chi connectivity index (χ0v) is 11.4. The second kappa shape index (κ2) is 54.1. The van der Waals surface area contributed by atoms with E-state index in [0.717, 1.165) is 0 Å². The third kappa shape index (κ3) is 42.3. The molecule has 0 heterocycles. The molecule has 0 aromatic rings. The van der Waals surface area contributed by atoms with Crippen LogP contribution in [0.2, 0.25) is 0 Å². The van der Waals surface area contributed by atoms with Gasteiger partial charge in [0.2, 0.25) is 0 Å². The van der Waals surface area contributed by atoms with Gasteiger partial charge in [-0.2, -0.15) is 0 Å².